The fourth-order valence-corrected chi connectivity index (χ4v) is 3.81. The summed E-state index contributed by atoms with van der Waals surface area (Å²) in [7, 11) is 1.66. The smallest absolute Gasteiger partial charge is 0.132 e. The molecular weight excluding hydrogens is 316 g/mol. The van der Waals surface area contributed by atoms with Crippen molar-refractivity contribution in [2.45, 2.75) is 49.4 Å². The number of aryl methyl sites for hydroxylation is 1. The van der Waals surface area contributed by atoms with Gasteiger partial charge in [-0.3, -0.25) is 0 Å². The van der Waals surface area contributed by atoms with E-state index in [2.05, 4.69) is 12.1 Å². The molecule has 1 aromatic carbocycles. The largest absolute Gasteiger partial charge is 0.497 e. The van der Waals surface area contributed by atoms with E-state index in [-0.39, 0.29) is 19.1 Å². The lowest BCUT2D eigenvalue weighted by atomic mass is 10.0. The average molecular weight is 342 g/mol. The minimum Gasteiger partial charge on any atom is -0.497 e. The number of aliphatic hydroxyl groups excluding tert-OH is 3. The Morgan fingerprint density at radius 3 is 2.61 bits per heavy atom. The highest BCUT2D eigenvalue weighted by Crippen LogP contribution is 2.28. The maximum Gasteiger partial charge on any atom is 0.132 e. The van der Waals surface area contributed by atoms with Crippen LogP contribution in [-0.4, -0.2) is 58.5 Å². The van der Waals surface area contributed by atoms with Gasteiger partial charge in [0.2, 0.25) is 0 Å². The minimum atomic E-state index is -0.885. The van der Waals surface area contributed by atoms with Gasteiger partial charge in [-0.15, -0.1) is 11.8 Å². The highest BCUT2D eigenvalue weighted by Gasteiger charge is 2.36. The Bertz CT molecular complexity index is 453. The SMILES string of the molecule is COc1ccc(CCCCS[C@@H]2O[C@H](CO)C[C@H](O)[C@H]2O)cc1. The third-order valence-electron chi connectivity index (χ3n) is 4.01. The molecule has 2 rings (SSSR count). The first-order chi connectivity index (χ1) is 11.1. The van der Waals surface area contributed by atoms with Gasteiger partial charge in [0, 0.05) is 6.42 Å². The van der Waals surface area contributed by atoms with Crippen LogP contribution < -0.4 is 4.74 Å². The average Bonchev–Trinajstić information content (AvgIpc) is 2.58. The standard InChI is InChI=1S/C17H26O5S/c1-21-13-7-5-12(6-8-13)4-2-3-9-23-17-16(20)15(19)10-14(11-18)22-17/h5-8,14-20H,2-4,9-11H2,1H3/t14-,15-,16+,17-/m0/s1. The molecule has 0 unspecified atom stereocenters. The Morgan fingerprint density at radius 1 is 1.22 bits per heavy atom. The van der Waals surface area contributed by atoms with E-state index in [0.29, 0.717) is 0 Å². The van der Waals surface area contributed by atoms with E-state index >= 15 is 0 Å². The summed E-state index contributed by atoms with van der Waals surface area (Å²) < 4.78 is 10.7. The van der Waals surface area contributed by atoms with Crippen LogP contribution in [0.1, 0.15) is 24.8 Å². The lowest BCUT2D eigenvalue weighted by Gasteiger charge is -2.36. The fourth-order valence-electron chi connectivity index (χ4n) is 2.59. The summed E-state index contributed by atoms with van der Waals surface area (Å²) in [6, 6.07) is 8.07. The molecule has 0 aromatic heterocycles. The Hall–Kier alpha value is -0.790. The number of hydrogen-bond donors (Lipinski definition) is 3. The third kappa shape index (κ3) is 5.65. The summed E-state index contributed by atoms with van der Waals surface area (Å²) >= 11 is 1.51. The maximum atomic E-state index is 9.95. The van der Waals surface area contributed by atoms with E-state index in [0.717, 1.165) is 30.8 Å². The van der Waals surface area contributed by atoms with Gasteiger partial charge < -0.3 is 24.8 Å². The van der Waals surface area contributed by atoms with Gasteiger partial charge in [-0.05, 0) is 42.7 Å². The van der Waals surface area contributed by atoms with Crippen molar-refractivity contribution in [2.24, 2.45) is 0 Å². The maximum absolute atomic E-state index is 9.95. The highest BCUT2D eigenvalue weighted by atomic mass is 32.2. The molecule has 0 radical (unpaired) electrons. The molecule has 1 heterocycles. The monoisotopic (exact) mass is 342 g/mol. The van der Waals surface area contributed by atoms with Gasteiger partial charge in [-0.25, -0.2) is 0 Å². The van der Waals surface area contributed by atoms with E-state index in [1.165, 1.54) is 17.3 Å². The number of aliphatic hydroxyl groups is 3. The van der Waals surface area contributed by atoms with Crippen molar-refractivity contribution in [3.63, 3.8) is 0 Å². The molecule has 130 valence electrons. The molecule has 0 amide bonds. The topological polar surface area (TPSA) is 79.2 Å². The van der Waals surface area contributed by atoms with Crippen LogP contribution in [-0.2, 0) is 11.2 Å². The predicted molar refractivity (Wildman–Crippen MR) is 90.8 cm³/mol. The Kier molecular flexibility index (Phi) is 7.65. The van der Waals surface area contributed by atoms with E-state index in [9.17, 15) is 10.2 Å². The van der Waals surface area contributed by atoms with Crippen LogP contribution in [0.4, 0.5) is 0 Å². The molecule has 1 saturated heterocycles. The summed E-state index contributed by atoms with van der Waals surface area (Å²) in [5.41, 5.74) is 0.817. The zero-order valence-electron chi connectivity index (χ0n) is 13.4. The van der Waals surface area contributed by atoms with E-state index in [4.69, 9.17) is 14.6 Å². The molecule has 1 aromatic rings. The second-order valence-electron chi connectivity index (χ2n) is 5.78. The van der Waals surface area contributed by atoms with Crippen molar-refractivity contribution < 1.29 is 24.8 Å². The summed E-state index contributed by atoms with van der Waals surface area (Å²) in [4.78, 5) is 0. The van der Waals surface area contributed by atoms with Crippen LogP contribution in [0, 0.1) is 0 Å². The third-order valence-corrected chi connectivity index (χ3v) is 5.25. The van der Waals surface area contributed by atoms with Crippen LogP contribution >= 0.6 is 11.8 Å². The van der Waals surface area contributed by atoms with Gasteiger partial charge in [-0.2, -0.15) is 0 Å². The summed E-state index contributed by atoms with van der Waals surface area (Å²) in [5.74, 6) is 1.72. The normalized spacial score (nSPS) is 27.8. The number of ether oxygens (including phenoxy) is 2. The molecule has 23 heavy (non-hydrogen) atoms. The number of methoxy groups -OCH3 is 1. The number of hydrogen-bond acceptors (Lipinski definition) is 6. The number of thioether (sulfide) groups is 1. The van der Waals surface area contributed by atoms with Crippen LogP contribution in [0.2, 0.25) is 0 Å². The first-order valence-corrected chi connectivity index (χ1v) is 9.06. The lowest BCUT2D eigenvalue weighted by molar-refractivity contribution is -0.145. The first kappa shape index (κ1) is 18.5. The molecule has 0 bridgehead atoms. The van der Waals surface area contributed by atoms with Gasteiger partial charge >= 0.3 is 0 Å². The molecule has 5 nitrogen and oxygen atoms in total. The fraction of sp³-hybridized carbons (Fsp3) is 0.647. The van der Waals surface area contributed by atoms with Gasteiger partial charge in [0.1, 0.15) is 17.3 Å². The summed E-state index contributed by atoms with van der Waals surface area (Å²) in [5, 5.41) is 28.9. The van der Waals surface area contributed by atoms with Crippen molar-refractivity contribution in [1.29, 1.82) is 0 Å². The zero-order valence-corrected chi connectivity index (χ0v) is 14.2. The van der Waals surface area contributed by atoms with Crippen molar-refractivity contribution >= 4 is 11.8 Å². The molecular formula is C17H26O5S. The second kappa shape index (κ2) is 9.49. The predicted octanol–water partition coefficient (Wildman–Crippen LogP) is 1.58. The van der Waals surface area contributed by atoms with Gasteiger partial charge in [-0.1, -0.05) is 12.1 Å². The van der Waals surface area contributed by atoms with Crippen molar-refractivity contribution in [3.8, 4) is 5.75 Å². The molecule has 0 spiro atoms. The first-order valence-electron chi connectivity index (χ1n) is 8.01. The molecule has 4 atom stereocenters. The number of unbranched alkanes of at least 4 members (excludes halogenated alkanes) is 1. The quantitative estimate of drug-likeness (QED) is 0.623. The molecule has 6 heteroatoms. The van der Waals surface area contributed by atoms with Gasteiger partial charge in [0.05, 0.1) is 25.9 Å². The van der Waals surface area contributed by atoms with Crippen molar-refractivity contribution in [3.05, 3.63) is 29.8 Å². The molecule has 0 aliphatic carbocycles. The Morgan fingerprint density at radius 2 is 1.96 bits per heavy atom. The Labute approximate surface area is 141 Å². The molecule has 1 aliphatic rings. The van der Waals surface area contributed by atoms with Crippen LogP contribution in [0.15, 0.2) is 24.3 Å². The molecule has 1 aliphatic heterocycles. The molecule has 1 fully saturated rings. The van der Waals surface area contributed by atoms with Crippen molar-refractivity contribution in [2.75, 3.05) is 19.5 Å². The minimum absolute atomic E-state index is 0.127. The van der Waals surface area contributed by atoms with E-state index in [1.807, 2.05) is 12.1 Å². The summed E-state index contributed by atoms with van der Waals surface area (Å²) in [6.07, 6.45) is 1.25. The number of rotatable bonds is 8. The highest BCUT2D eigenvalue weighted by molar-refractivity contribution is 7.99. The van der Waals surface area contributed by atoms with Crippen LogP contribution in [0.3, 0.4) is 0 Å². The number of benzene rings is 1. The van der Waals surface area contributed by atoms with Crippen LogP contribution in [0.5, 0.6) is 5.75 Å². The summed E-state index contributed by atoms with van der Waals surface area (Å²) in [6.45, 7) is -0.127. The van der Waals surface area contributed by atoms with E-state index in [1.54, 1.807) is 7.11 Å². The van der Waals surface area contributed by atoms with Gasteiger partial charge in [0.15, 0.2) is 0 Å². The molecule has 3 N–H and O–H groups in total. The van der Waals surface area contributed by atoms with Gasteiger partial charge in [0.25, 0.3) is 0 Å². The molecule has 0 saturated carbocycles. The van der Waals surface area contributed by atoms with E-state index < -0.39 is 17.6 Å². The van der Waals surface area contributed by atoms with Crippen molar-refractivity contribution in [1.82, 2.24) is 0 Å². The Balaban J connectivity index is 1.66. The zero-order chi connectivity index (χ0) is 16.7. The second-order valence-corrected chi connectivity index (χ2v) is 6.98. The van der Waals surface area contributed by atoms with Crippen LogP contribution in [0.25, 0.3) is 0 Å². The lowest BCUT2D eigenvalue weighted by Crippen LogP contribution is -2.47.